The van der Waals surface area contributed by atoms with Crippen molar-refractivity contribution < 1.29 is 13.2 Å². The molecule has 0 saturated carbocycles. The fourth-order valence-electron chi connectivity index (χ4n) is 1.60. The Morgan fingerprint density at radius 1 is 1.19 bits per heavy atom. The van der Waals surface area contributed by atoms with Gasteiger partial charge in [0.15, 0.2) is 0 Å². The molecule has 0 aliphatic carbocycles. The third-order valence-corrected chi connectivity index (χ3v) is 3.57. The molecule has 1 atom stereocenters. The third kappa shape index (κ3) is 3.00. The van der Waals surface area contributed by atoms with E-state index < -0.39 is 11.0 Å². The Kier molecular flexibility index (Phi) is 4.42. The molecule has 0 heterocycles. The van der Waals surface area contributed by atoms with Gasteiger partial charge in [-0.2, -0.15) is 13.2 Å². The van der Waals surface area contributed by atoms with Crippen LogP contribution in [0.2, 0.25) is 0 Å². The molecular formula is C12H14BrF3. The molecule has 0 aliphatic heterocycles. The highest BCUT2D eigenvalue weighted by Crippen LogP contribution is 2.41. The van der Waals surface area contributed by atoms with Gasteiger partial charge in [-0.15, -0.1) is 0 Å². The van der Waals surface area contributed by atoms with Crippen molar-refractivity contribution in [2.24, 2.45) is 0 Å². The van der Waals surface area contributed by atoms with Crippen LogP contribution < -0.4 is 0 Å². The predicted molar refractivity (Wildman–Crippen MR) is 62.9 cm³/mol. The Morgan fingerprint density at radius 3 is 2.25 bits per heavy atom. The van der Waals surface area contributed by atoms with Crippen molar-refractivity contribution in [2.75, 3.05) is 0 Å². The molecule has 1 aromatic carbocycles. The van der Waals surface area contributed by atoms with Crippen LogP contribution in [0, 0.1) is 0 Å². The first-order valence-corrected chi connectivity index (χ1v) is 6.14. The van der Waals surface area contributed by atoms with E-state index in [4.69, 9.17) is 0 Å². The highest BCUT2D eigenvalue weighted by Gasteiger charge is 2.39. The lowest BCUT2D eigenvalue weighted by Gasteiger charge is -2.18. The van der Waals surface area contributed by atoms with E-state index in [0.29, 0.717) is 12.0 Å². The molecule has 0 N–H and O–H groups in total. The first-order valence-electron chi connectivity index (χ1n) is 5.22. The number of rotatable bonds is 3. The van der Waals surface area contributed by atoms with E-state index in [1.54, 1.807) is 12.1 Å². The van der Waals surface area contributed by atoms with Crippen LogP contribution in [0.4, 0.5) is 13.2 Å². The highest BCUT2D eigenvalue weighted by molar-refractivity contribution is 9.09. The smallest absolute Gasteiger partial charge is 0.169 e. The minimum absolute atomic E-state index is 0.342. The SMILES string of the molecule is CCc1ccc(CC)c(C(Br)C(F)(F)F)c1. The van der Waals surface area contributed by atoms with Crippen LogP contribution in [0.15, 0.2) is 18.2 Å². The Morgan fingerprint density at radius 2 is 1.81 bits per heavy atom. The maximum absolute atomic E-state index is 12.6. The van der Waals surface area contributed by atoms with Crippen molar-refractivity contribution in [1.82, 2.24) is 0 Å². The largest absolute Gasteiger partial charge is 0.405 e. The van der Waals surface area contributed by atoms with Crippen LogP contribution in [-0.2, 0) is 12.8 Å². The lowest BCUT2D eigenvalue weighted by molar-refractivity contribution is -0.128. The van der Waals surface area contributed by atoms with Gasteiger partial charge in [-0.1, -0.05) is 48.0 Å². The minimum atomic E-state index is -4.24. The van der Waals surface area contributed by atoms with Gasteiger partial charge >= 0.3 is 6.18 Å². The number of aryl methyl sites for hydroxylation is 2. The molecule has 1 unspecified atom stereocenters. The highest BCUT2D eigenvalue weighted by atomic mass is 79.9. The molecule has 0 radical (unpaired) electrons. The second-order valence-electron chi connectivity index (χ2n) is 3.64. The van der Waals surface area contributed by atoms with E-state index in [-0.39, 0.29) is 0 Å². The third-order valence-electron chi connectivity index (χ3n) is 2.56. The van der Waals surface area contributed by atoms with E-state index in [0.717, 1.165) is 17.5 Å². The quantitative estimate of drug-likeness (QED) is 0.702. The van der Waals surface area contributed by atoms with Crippen LogP contribution >= 0.6 is 15.9 Å². The molecule has 16 heavy (non-hydrogen) atoms. The summed E-state index contributed by atoms with van der Waals surface area (Å²) >= 11 is 2.74. The zero-order valence-corrected chi connectivity index (χ0v) is 10.8. The second kappa shape index (κ2) is 5.21. The molecule has 0 aliphatic rings. The van der Waals surface area contributed by atoms with Gasteiger partial charge in [0.05, 0.1) is 0 Å². The van der Waals surface area contributed by atoms with Crippen molar-refractivity contribution in [2.45, 2.75) is 37.7 Å². The van der Waals surface area contributed by atoms with Gasteiger partial charge in [0.1, 0.15) is 4.83 Å². The van der Waals surface area contributed by atoms with Crippen LogP contribution in [0.5, 0.6) is 0 Å². The molecule has 90 valence electrons. The van der Waals surface area contributed by atoms with Crippen molar-refractivity contribution in [3.05, 3.63) is 34.9 Å². The van der Waals surface area contributed by atoms with E-state index >= 15 is 0 Å². The van der Waals surface area contributed by atoms with Crippen LogP contribution in [0.1, 0.15) is 35.4 Å². The van der Waals surface area contributed by atoms with Crippen molar-refractivity contribution >= 4 is 15.9 Å². The van der Waals surface area contributed by atoms with Gasteiger partial charge in [0, 0.05) is 0 Å². The predicted octanol–water partition coefficient (Wildman–Crippen LogP) is 4.81. The van der Waals surface area contributed by atoms with Crippen LogP contribution in [-0.4, -0.2) is 6.18 Å². The number of alkyl halides is 4. The maximum atomic E-state index is 12.6. The number of hydrogen-bond acceptors (Lipinski definition) is 0. The zero-order chi connectivity index (χ0) is 12.3. The van der Waals surface area contributed by atoms with Crippen LogP contribution in [0.25, 0.3) is 0 Å². The monoisotopic (exact) mass is 294 g/mol. The van der Waals surface area contributed by atoms with Gasteiger partial charge in [0.2, 0.25) is 0 Å². The van der Waals surface area contributed by atoms with Gasteiger partial charge in [-0.05, 0) is 29.5 Å². The van der Waals surface area contributed by atoms with Crippen molar-refractivity contribution in [1.29, 1.82) is 0 Å². The summed E-state index contributed by atoms with van der Waals surface area (Å²) in [6.45, 7) is 3.79. The summed E-state index contributed by atoms with van der Waals surface area (Å²) in [5, 5.41) is 0. The summed E-state index contributed by atoms with van der Waals surface area (Å²) in [5.74, 6) is 0. The minimum Gasteiger partial charge on any atom is -0.169 e. The van der Waals surface area contributed by atoms with Crippen LogP contribution in [0.3, 0.4) is 0 Å². The molecule has 0 fully saturated rings. The molecule has 4 heteroatoms. The molecule has 0 bridgehead atoms. The van der Waals surface area contributed by atoms with E-state index in [1.165, 1.54) is 0 Å². The number of halogens is 4. The molecule has 1 rings (SSSR count). The average molecular weight is 295 g/mol. The molecule has 0 spiro atoms. The fraction of sp³-hybridized carbons (Fsp3) is 0.500. The molecule has 0 nitrogen and oxygen atoms in total. The van der Waals surface area contributed by atoms with Gasteiger partial charge < -0.3 is 0 Å². The van der Waals surface area contributed by atoms with E-state index in [2.05, 4.69) is 15.9 Å². The molecular weight excluding hydrogens is 281 g/mol. The summed E-state index contributed by atoms with van der Waals surface area (Å²) in [4.78, 5) is -1.57. The maximum Gasteiger partial charge on any atom is 0.405 e. The Balaban J connectivity index is 3.18. The number of hydrogen-bond donors (Lipinski definition) is 0. The molecule has 0 aromatic heterocycles. The fourth-order valence-corrected chi connectivity index (χ4v) is 2.02. The summed E-state index contributed by atoms with van der Waals surface area (Å²) in [5.41, 5.74) is 2.02. The van der Waals surface area contributed by atoms with Gasteiger partial charge in [-0.3, -0.25) is 0 Å². The Hall–Kier alpha value is -0.510. The normalized spacial score (nSPS) is 13.9. The summed E-state index contributed by atoms with van der Waals surface area (Å²) in [7, 11) is 0. The van der Waals surface area contributed by atoms with Gasteiger partial charge in [0.25, 0.3) is 0 Å². The Labute approximate surface area is 102 Å². The lowest BCUT2D eigenvalue weighted by atomic mass is 9.98. The first-order chi connectivity index (χ1) is 7.40. The standard InChI is InChI=1S/C12H14BrF3/c1-3-8-5-6-9(4-2)10(7-8)11(13)12(14,15)16/h5-7,11H,3-4H2,1-2H3. The molecule has 1 aromatic rings. The molecule has 0 saturated heterocycles. The van der Waals surface area contributed by atoms with Crippen molar-refractivity contribution in [3.8, 4) is 0 Å². The summed E-state index contributed by atoms with van der Waals surface area (Å²) < 4.78 is 37.9. The van der Waals surface area contributed by atoms with E-state index in [1.807, 2.05) is 19.9 Å². The van der Waals surface area contributed by atoms with Gasteiger partial charge in [-0.25, -0.2) is 0 Å². The topological polar surface area (TPSA) is 0 Å². The Bertz CT molecular complexity index is 358. The molecule has 0 amide bonds. The summed E-state index contributed by atoms with van der Waals surface area (Å²) in [6, 6.07) is 5.32. The zero-order valence-electron chi connectivity index (χ0n) is 9.24. The van der Waals surface area contributed by atoms with E-state index in [9.17, 15) is 13.2 Å². The lowest BCUT2D eigenvalue weighted by Crippen LogP contribution is -2.16. The van der Waals surface area contributed by atoms with Crippen molar-refractivity contribution in [3.63, 3.8) is 0 Å². The second-order valence-corrected chi connectivity index (χ2v) is 4.56. The summed E-state index contributed by atoms with van der Waals surface area (Å²) in [6.07, 6.45) is -2.89. The average Bonchev–Trinajstić information content (AvgIpc) is 2.25. The first kappa shape index (κ1) is 13.6. The number of benzene rings is 1.